The zero-order valence-corrected chi connectivity index (χ0v) is 13.7. The summed E-state index contributed by atoms with van der Waals surface area (Å²) in [5.74, 6) is 0.361. The van der Waals surface area contributed by atoms with E-state index in [-0.39, 0.29) is 12.5 Å². The Hall–Kier alpha value is -2.34. The summed E-state index contributed by atoms with van der Waals surface area (Å²) in [4.78, 5) is 14.7. The number of ether oxygens (including phenoxy) is 1. The van der Waals surface area contributed by atoms with Crippen molar-refractivity contribution in [1.29, 1.82) is 0 Å². The van der Waals surface area contributed by atoms with Gasteiger partial charge in [0.1, 0.15) is 5.75 Å². The fourth-order valence-corrected chi connectivity index (χ4v) is 2.50. The van der Waals surface area contributed by atoms with Gasteiger partial charge in [0.2, 0.25) is 0 Å². The van der Waals surface area contributed by atoms with Crippen LogP contribution in [0.4, 0.5) is 5.69 Å². The van der Waals surface area contributed by atoms with Gasteiger partial charge in [-0.05, 0) is 36.1 Å². The standard InChI is InChI=1S/C16H19N3O2S/c1-12-7-8-22-15(12)10-17-18-16(20)11-21-14-6-4-5-13(9-14)19(2)3/h4-10H,11H2,1-3H3,(H,18,20)/b17-10+. The predicted octanol–water partition coefficient (Wildman–Crippen LogP) is 2.65. The molecule has 2 rings (SSSR count). The molecule has 0 unspecified atom stereocenters. The summed E-state index contributed by atoms with van der Waals surface area (Å²) in [7, 11) is 3.90. The van der Waals surface area contributed by atoms with Gasteiger partial charge >= 0.3 is 0 Å². The van der Waals surface area contributed by atoms with Crippen LogP contribution in [-0.4, -0.2) is 32.8 Å². The van der Waals surface area contributed by atoms with Crippen LogP contribution >= 0.6 is 11.3 Å². The van der Waals surface area contributed by atoms with E-state index in [1.54, 1.807) is 17.6 Å². The Kier molecular flexibility index (Phi) is 5.55. The van der Waals surface area contributed by atoms with Crippen molar-refractivity contribution in [2.75, 3.05) is 25.6 Å². The number of thiophene rings is 1. The van der Waals surface area contributed by atoms with Gasteiger partial charge in [-0.3, -0.25) is 4.79 Å². The second-order valence-electron chi connectivity index (χ2n) is 4.94. The van der Waals surface area contributed by atoms with Gasteiger partial charge in [-0.25, -0.2) is 5.43 Å². The fourth-order valence-electron chi connectivity index (χ4n) is 1.71. The molecule has 6 heteroatoms. The molecular weight excluding hydrogens is 298 g/mol. The summed E-state index contributed by atoms with van der Waals surface area (Å²) < 4.78 is 5.46. The summed E-state index contributed by atoms with van der Waals surface area (Å²) in [6.07, 6.45) is 1.64. The van der Waals surface area contributed by atoms with Gasteiger partial charge in [-0.2, -0.15) is 5.10 Å². The molecule has 0 spiro atoms. The van der Waals surface area contributed by atoms with E-state index in [2.05, 4.69) is 10.5 Å². The molecule has 1 amide bonds. The number of hydrazone groups is 1. The molecule has 0 aliphatic rings. The summed E-state index contributed by atoms with van der Waals surface area (Å²) in [6, 6.07) is 9.57. The largest absolute Gasteiger partial charge is 0.484 e. The first-order valence-electron chi connectivity index (χ1n) is 6.82. The Morgan fingerprint density at radius 1 is 1.41 bits per heavy atom. The summed E-state index contributed by atoms with van der Waals surface area (Å²) in [5.41, 5.74) is 4.61. The molecule has 0 radical (unpaired) electrons. The average Bonchev–Trinajstić information content (AvgIpc) is 2.91. The van der Waals surface area contributed by atoms with Crippen molar-refractivity contribution in [1.82, 2.24) is 5.43 Å². The minimum absolute atomic E-state index is 0.0718. The Morgan fingerprint density at radius 2 is 2.23 bits per heavy atom. The van der Waals surface area contributed by atoms with Crippen molar-refractivity contribution in [3.05, 3.63) is 46.2 Å². The molecule has 0 aliphatic heterocycles. The van der Waals surface area contributed by atoms with Crippen molar-refractivity contribution >= 4 is 29.1 Å². The molecule has 0 aliphatic carbocycles. The van der Waals surface area contributed by atoms with Crippen LogP contribution in [0.1, 0.15) is 10.4 Å². The maximum atomic E-state index is 11.7. The SMILES string of the molecule is Cc1ccsc1/C=N/NC(=O)COc1cccc(N(C)C)c1. The van der Waals surface area contributed by atoms with Crippen molar-refractivity contribution in [2.45, 2.75) is 6.92 Å². The zero-order valence-electron chi connectivity index (χ0n) is 12.9. The zero-order chi connectivity index (χ0) is 15.9. The molecule has 1 N–H and O–H groups in total. The van der Waals surface area contributed by atoms with Crippen molar-refractivity contribution < 1.29 is 9.53 Å². The number of carbonyl (C=O) groups excluding carboxylic acids is 1. The molecular formula is C16H19N3O2S. The number of nitrogens with one attached hydrogen (secondary N) is 1. The quantitative estimate of drug-likeness (QED) is 0.658. The third kappa shape index (κ3) is 4.60. The van der Waals surface area contributed by atoms with Crippen LogP contribution in [-0.2, 0) is 4.79 Å². The van der Waals surface area contributed by atoms with Gasteiger partial charge in [-0.1, -0.05) is 6.07 Å². The fraction of sp³-hybridized carbons (Fsp3) is 0.250. The number of benzene rings is 1. The summed E-state index contributed by atoms with van der Waals surface area (Å²) >= 11 is 1.58. The third-order valence-corrected chi connectivity index (χ3v) is 3.93. The molecule has 5 nitrogen and oxygen atoms in total. The topological polar surface area (TPSA) is 53.9 Å². The molecule has 0 saturated carbocycles. The number of rotatable bonds is 6. The van der Waals surface area contributed by atoms with Gasteiger partial charge in [0, 0.05) is 30.7 Å². The lowest BCUT2D eigenvalue weighted by Gasteiger charge is -2.13. The average molecular weight is 317 g/mol. The highest BCUT2D eigenvalue weighted by molar-refractivity contribution is 7.11. The first kappa shape index (κ1) is 16.0. The Bertz CT molecular complexity index is 665. The van der Waals surface area contributed by atoms with Gasteiger partial charge in [-0.15, -0.1) is 11.3 Å². The van der Waals surface area contributed by atoms with Crippen LogP contribution < -0.4 is 15.1 Å². The molecule has 0 atom stereocenters. The molecule has 1 heterocycles. The second-order valence-corrected chi connectivity index (χ2v) is 5.89. The molecule has 0 saturated heterocycles. The first-order chi connectivity index (χ1) is 10.6. The Labute approximate surface area is 134 Å². The number of aryl methyl sites for hydroxylation is 1. The van der Waals surface area contributed by atoms with Gasteiger partial charge in [0.15, 0.2) is 6.61 Å². The molecule has 1 aromatic carbocycles. The van der Waals surface area contributed by atoms with E-state index in [9.17, 15) is 4.79 Å². The maximum absolute atomic E-state index is 11.7. The molecule has 2 aromatic rings. The minimum Gasteiger partial charge on any atom is -0.484 e. The first-order valence-corrected chi connectivity index (χ1v) is 7.70. The second kappa shape index (κ2) is 7.61. The molecule has 0 fully saturated rings. The van der Waals surface area contributed by atoms with Gasteiger partial charge in [0.05, 0.1) is 6.21 Å². The van der Waals surface area contributed by atoms with Crippen molar-refractivity contribution in [2.24, 2.45) is 5.10 Å². The van der Waals surface area contributed by atoms with E-state index >= 15 is 0 Å². The van der Waals surface area contributed by atoms with Gasteiger partial charge < -0.3 is 9.64 Å². The normalized spacial score (nSPS) is 10.7. The van der Waals surface area contributed by atoms with Gasteiger partial charge in [0.25, 0.3) is 5.91 Å². The lowest BCUT2D eigenvalue weighted by Crippen LogP contribution is -2.24. The third-order valence-electron chi connectivity index (χ3n) is 2.98. The van der Waals surface area contributed by atoms with E-state index in [1.165, 1.54) is 0 Å². The van der Waals surface area contributed by atoms with E-state index in [4.69, 9.17) is 4.74 Å². The maximum Gasteiger partial charge on any atom is 0.277 e. The van der Waals surface area contributed by atoms with Crippen molar-refractivity contribution in [3.63, 3.8) is 0 Å². The smallest absolute Gasteiger partial charge is 0.277 e. The van der Waals surface area contributed by atoms with Crippen LogP contribution in [0.3, 0.4) is 0 Å². The van der Waals surface area contributed by atoms with Crippen LogP contribution in [0.2, 0.25) is 0 Å². The number of carbonyl (C=O) groups is 1. The predicted molar refractivity (Wildman–Crippen MR) is 91.1 cm³/mol. The van der Waals surface area contributed by atoms with E-state index < -0.39 is 0 Å². The number of hydrogen-bond acceptors (Lipinski definition) is 5. The number of hydrogen-bond donors (Lipinski definition) is 1. The number of amides is 1. The Balaban J connectivity index is 1.82. The van der Waals surface area contributed by atoms with Crippen LogP contribution in [0.15, 0.2) is 40.8 Å². The number of nitrogens with zero attached hydrogens (tertiary/aromatic N) is 2. The number of anilines is 1. The lowest BCUT2D eigenvalue weighted by atomic mass is 10.3. The monoisotopic (exact) mass is 317 g/mol. The molecule has 1 aromatic heterocycles. The highest BCUT2D eigenvalue weighted by Gasteiger charge is 2.03. The molecule has 0 bridgehead atoms. The Morgan fingerprint density at radius 3 is 2.91 bits per heavy atom. The molecule has 116 valence electrons. The van der Waals surface area contributed by atoms with E-state index in [0.29, 0.717) is 5.75 Å². The highest BCUT2D eigenvalue weighted by atomic mass is 32.1. The highest BCUT2D eigenvalue weighted by Crippen LogP contribution is 2.19. The summed E-state index contributed by atoms with van der Waals surface area (Å²) in [5, 5.41) is 5.92. The van der Waals surface area contributed by atoms with E-state index in [0.717, 1.165) is 16.1 Å². The van der Waals surface area contributed by atoms with Crippen LogP contribution in [0.5, 0.6) is 5.75 Å². The molecule has 22 heavy (non-hydrogen) atoms. The minimum atomic E-state index is -0.291. The lowest BCUT2D eigenvalue weighted by molar-refractivity contribution is -0.123. The van der Waals surface area contributed by atoms with Crippen molar-refractivity contribution in [3.8, 4) is 5.75 Å². The van der Waals surface area contributed by atoms with Crippen LogP contribution in [0, 0.1) is 6.92 Å². The summed E-state index contributed by atoms with van der Waals surface area (Å²) in [6.45, 7) is 1.93. The van der Waals surface area contributed by atoms with E-state index in [1.807, 2.05) is 61.6 Å². The van der Waals surface area contributed by atoms with Crippen LogP contribution in [0.25, 0.3) is 0 Å².